The quantitative estimate of drug-likeness (QED) is 0.808. The number of rotatable bonds is 5. The van der Waals surface area contributed by atoms with Crippen LogP contribution in [-0.2, 0) is 22.9 Å². The van der Waals surface area contributed by atoms with E-state index < -0.39 is 10.0 Å². The lowest BCUT2D eigenvalue weighted by Gasteiger charge is -2.30. The molecule has 1 aromatic heterocycles. The lowest BCUT2D eigenvalue weighted by atomic mass is 10.0. The average molecular weight is 353 g/mol. The highest BCUT2D eigenvalue weighted by molar-refractivity contribution is 7.92. The van der Waals surface area contributed by atoms with Gasteiger partial charge in [0.05, 0.1) is 19.9 Å². The standard InChI is InChI=1S/C15H19N3O5S/c1-4-11-15(17-23-16-11)24(19,20)18-7-5-6-10-8-13(21-2)14(22-3)9-12(10)18/h8-9H,4-7H2,1-3H3. The van der Waals surface area contributed by atoms with Crippen molar-refractivity contribution < 1.29 is 22.5 Å². The first-order valence-electron chi connectivity index (χ1n) is 7.62. The first-order valence-corrected chi connectivity index (χ1v) is 9.06. The van der Waals surface area contributed by atoms with Crippen LogP contribution in [0.25, 0.3) is 0 Å². The molecule has 1 aliphatic heterocycles. The Balaban J connectivity index is 2.12. The molecule has 0 N–H and O–H groups in total. The van der Waals surface area contributed by atoms with E-state index >= 15 is 0 Å². The Morgan fingerprint density at radius 1 is 1.21 bits per heavy atom. The second-order valence-corrected chi connectivity index (χ2v) is 7.16. The van der Waals surface area contributed by atoms with Crippen LogP contribution in [0, 0.1) is 0 Å². The van der Waals surface area contributed by atoms with Crippen molar-refractivity contribution in [3.63, 3.8) is 0 Å². The fourth-order valence-electron chi connectivity index (χ4n) is 2.84. The van der Waals surface area contributed by atoms with Gasteiger partial charge in [0.1, 0.15) is 5.69 Å². The van der Waals surface area contributed by atoms with Crippen LogP contribution in [-0.4, -0.2) is 39.5 Å². The molecular formula is C15H19N3O5S. The van der Waals surface area contributed by atoms with Crippen LogP contribution in [0.5, 0.6) is 11.5 Å². The zero-order chi connectivity index (χ0) is 17.3. The zero-order valence-corrected chi connectivity index (χ0v) is 14.6. The number of nitrogens with zero attached hydrogens (tertiary/aromatic N) is 3. The summed E-state index contributed by atoms with van der Waals surface area (Å²) in [4.78, 5) is 0. The molecule has 0 bridgehead atoms. The largest absolute Gasteiger partial charge is 0.493 e. The molecule has 8 nitrogen and oxygen atoms in total. The van der Waals surface area contributed by atoms with Gasteiger partial charge < -0.3 is 9.47 Å². The van der Waals surface area contributed by atoms with Crippen LogP contribution in [0.4, 0.5) is 5.69 Å². The Morgan fingerprint density at radius 2 is 1.92 bits per heavy atom. The van der Waals surface area contributed by atoms with E-state index in [1.165, 1.54) is 11.4 Å². The summed E-state index contributed by atoms with van der Waals surface area (Å²) in [6.07, 6.45) is 1.89. The van der Waals surface area contributed by atoms with Gasteiger partial charge in [0.15, 0.2) is 11.5 Å². The van der Waals surface area contributed by atoms with Crippen molar-refractivity contribution in [1.29, 1.82) is 0 Å². The number of methoxy groups -OCH3 is 2. The first kappa shape index (κ1) is 16.6. The van der Waals surface area contributed by atoms with E-state index in [-0.39, 0.29) is 5.03 Å². The number of sulfonamides is 1. The molecule has 0 saturated carbocycles. The van der Waals surface area contributed by atoms with Crippen molar-refractivity contribution in [2.24, 2.45) is 0 Å². The molecule has 0 saturated heterocycles. The van der Waals surface area contributed by atoms with E-state index in [2.05, 4.69) is 14.9 Å². The fraction of sp³-hybridized carbons (Fsp3) is 0.467. The molecule has 0 spiro atoms. The lowest BCUT2D eigenvalue weighted by molar-refractivity contribution is 0.295. The molecule has 2 heterocycles. The van der Waals surface area contributed by atoms with Gasteiger partial charge in [-0.3, -0.25) is 4.31 Å². The van der Waals surface area contributed by atoms with Crippen LogP contribution in [0.3, 0.4) is 0 Å². The molecule has 9 heteroatoms. The molecule has 24 heavy (non-hydrogen) atoms. The average Bonchev–Trinajstić information content (AvgIpc) is 3.09. The molecule has 1 aromatic carbocycles. The minimum Gasteiger partial charge on any atom is -0.493 e. The smallest absolute Gasteiger partial charge is 0.287 e. The summed E-state index contributed by atoms with van der Waals surface area (Å²) in [5.74, 6) is 1.06. The third-order valence-corrected chi connectivity index (χ3v) is 5.81. The maximum absolute atomic E-state index is 13.0. The number of hydrogen-bond acceptors (Lipinski definition) is 7. The first-order chi connectivity index (χ1) is 11.5. The Bertz CT molecular complexity index is 847. The third-order valence-electron chi connectivity index (χ3n) is 4.05. The molecule has 0 fully saturated rings. The summed E-state index contributed by atoms with van der Waals surface area (Å²) in [7, 11) is -0.782. The van der Waals surface area contributed by atoms with E-state index in [0.29, 0.717) is 42.3 Å². The molecular weight excluding hydrogens is 334 g/mol. The number of fused-ring (bicyclic) bond motifs is 1. The monoisotopic (exact) mass is 353 g/mol. The summed E-state index contributed by atoms with van der Waals surface area (Å²) < 4.78 is 42.7. The van der Waals surface area contributed by atoms with Gasteiger partial charge in [0.25, 0.3) is 10.0 Å². The molecule has 0 amide bonds. The predicted molar refractivity (Wildman–Crippen MR) is 86.1 cm³/mol. The normalized spacial score (nSPS) is 14.4. The maximum atomic E-state index is 13.0. The minimum absolute atomic E-state index is 0.132. The van der Waals surface area contributed by atoms with Gasteiger partial charge in [0.2, 0.25) is 5.03 Å². The number of ether oxygens (including phenoxy) is 2. The summed E-state index contributed by atoms with van der Waals surface area (Å²) in [6.45, 7) is 2.16. The van der Waals surface area contributed by atoms with Crippen molar-refractivity contribution in [3.05, 3.63) is 23.4 Å². The molecule has 2 aromatic rings. The van der Waals surface area contributed by atoms with Gasteiger partial charge in [-0.05, 0) is 36.0 Å². The van der Waals surface area contributed by atoms with E-state index in [0.717, 1.165) is 12.0 Å². The summed E-state index contributed by atoms with van der Waals surface area (Å²) >= 11 is 0. The van der Waals surface area contributed by atoms with Crippen LogP contribution < -0.4 is 13.8 Å². The topological polar surface area (TPSA) is 94.8 Å². The number of aryl methyl sites for hydroxylation is 2. The highest BCUT2D eigenvalue weighted by Gasteiger charge is 2.34. The van der Waals surface area contributed by atoms with E-state index in [1.807, 2.05) is 6.07 Å². The Kier molecular flexibility index (Phi) is 4.35. The number of hydrogen-bond donors (Lipinski definition) is 0. The van der Waals surface area contributed by atoms with Gasteiger partial charge >= 0.3 is 0 Å². The number of benzene rings is 1. The van der Waals surface area contributed by atoms with Crippen molar-refractivity contribution in [3.8, 4) is 11.5 Å². The van der Waals surface area contributed by atoms with Crippen LogP contribution in [0.15, 0.2) is 21.8 Å². The second-order valence-electron chi connectivity index (χ2n) is 5.39. The Morgan fingerprint density at radius 3 is 2.58 bits per heavy atom. The second kappa shape index (κ2) is 6.31. The van der Waals surface area contributed by atoms with Crippen molar-refractivity contribution in [2.45, 2.75) is 31.2 Å². The Labute approximate surface area is 140 Å². The van der Waals surface area contributed by atoms with Gasteiger partial charge in [-0.2, -0.15) is 8.42 Å². The van der Waals surface area contributed by atoms with Crippen LogP contribution >= 0.6 is 0 Å². The van der Waals surface area contributed by atoms with Crippen LogP contribution in [0.1, 0.15) is 24.6 Å². The molecule has 3 rings (SSSR count). The van der Waals surface area contributed by atoms with Crippen molar-refractivity contribution >= 4 is 15.7 Å². The maximum Gasteiger partial charge on any atom is 0.287 e. The molecule has 130 valence electrons. The van der Waals surface area contributed by atoms with E-state index in [1.54, 1.807) is 20.1 Å². The fourth-order valence-corrected chi connectivity index (χ4v) is 4.45. The van der Waals surface area contributed by atoms with Crippen molar-refractivity contribution in [2.75, 3.05) is 25.1 Å². The van der Waals surface area contributed by atoms with Gasteiger partial charge in [0, 0.05) is 12.6 Å². The third kappa shape index (κ3) is 2.58. The highest BCUT2D eigenvalue weighted by Crippen LogP contribution is 2.40. The van der Waals surface area contributed by atoms with Gasteiger partial charge in [-0.25, -0.2) is 4.63 Å². The molecule has 0 atom stereocenters. The molecule has 0 radical (unpaired) electrons. The predicted octanol–water partition coefficient (Wildman–Crippen LogP) is 1.79. The summed E-state index contributed by atoms with van der Waals surface area (Å²) in [5, 5.41) is 7.16. The van der Waals surface area contributed by atoms with E-state index in [4.69, 9.17) is 9.47 Å². The SMILES string of the molecule is CCc1nonc1S(=O)(=O)N1CCCc2cc(OC)c(OC)cc21. The molecule has 0 unspecified atom stereocenters. The number of aromatic nitrogens is 2. The lowest BCUT2D eigenvalue weighted by Crippen LogP contribution is -2.36. The zero-order valence-electron chi connectivity index (χ0n) is 13.8. The number of anilines is 1. The highest BCUT2D eigenvalue weighted by atomic mass is 32.2. The summed E-state index contributed by atoms with van der Waals surface area (Å²) in [5.41, 5.74) is 1.78. The minimum atomic E-state index is -3.85. The van der Waals surface area contributed by atoms with Crippen molar-refractivity contribution in [1.82, 2.24) is 10.3 Å². The molecule has 0 aliphatic carbocycles. The Hall–Kier alpha value is -2.29. The van der Waals surface area contributed by atoms with Gasteiger partial charge in [-0.15, -0.1) is 0 Å². The van der Waals surface area contributed by atoms with E-state index in [9.17, 15) is 8.42 Å². The van der Waals surface area contributed by atoms with Crippen LogP contribution in [0.2, 0.25) is 0 Å². The molecule has 1 aliphatic rings. The summed E-state index contributed by atoms with van der Waals surface area (Å²) in [6, 6.07) is 3.50. The van der Waals surface area contributed by atoms with Gasteiger partial charge in [-0.1, -0.05) is 12.1 Å².